The van der Waals surface area contributed by atoms with Crippen molar-refractivity contribution in [1.82, 2.24) is 0 Å². The van der Waals surface area contributed by atoms with Crippen LogP contribution in [0.1, 0.15) is 16.7 Å². The maximum absolute atomic E-state index is 12.1. The lowest BCUT2D eigenvalue weighted by Crippen LogP contribution is -2.03. The monoisotopic (exact) mass is 479 g/mol. The number of rotatable bonds is 7. The van der Waals surface area contributed by atoms with Crippen LogP contribution in [0.2, 0.25) is 10.0 Å². The van der Waals surface area contributed by atoms with Crippen molar-refractivity contribution in [3.05, 3.63) is 93.5 Å². The van der Waals surface area contributed by atoms with Gasteiger partial charge in [-0.05, 0) is 71.3 Å². The largest absolute Gasteiger partial charge is 0.493 e. The summed E-state index contributed by atoms with van der Waals surface area (Å²) < 4.78 is 15.9. The Hall–Kier alpha value is -3.72. The van der Waals surface area contributed by atoms with Gasteiger partial charge in [0.25, 0.3) is 0 Å². The number of carbonyl (C=O) groups is 1. The first-order valence-corrected chi connectivity index (χ1v) is 10.5. The summed E-state index contributed by atoms with van der Waals surface area (Å²) in [4.78, 5) is 12.1. The van der Waals surface area contributed by atoms with Gasteiger partial charge in [0.1, 0.15) is 5.75 Å². The zero-order chi connectivity index (χ0) is 23.8. The molecule has 0 amide bonds. The smallest absolute Gasteiger partial charge is 0.336 e. The quantitative estimate of drug-likeness (QED) is 0.124. The maximum atomic E-state index is 12.1. The molecule has 0 aliphatic carbocycles. The summed E-state index contributed by atoms with van der Waals surface area (Å²) in [5.74, 6) is 0.935. The third-order valence-corrected chi connectivity index (χ3v) is 5.15. The lowest BCUT2D eigenvalue weighted by atomic mass is 10.0. The number of halogens is 2. The Kier molecular flexibility index (Phi) is 8.15. The van der Waals surface area contributed by atoms with Crippen molar-refractivity contribution in [3.63, 3.8) is 0 Å². The van der Waals surface area contributed by atoms with Crippen molar-refractivity contribution in [3.8, 4) is 23.3 Å². The molecule has 0 unspecified atom stereocenters. The topological polar surface area (TPSA) is 68.5 Å². The molecule has 0 saturated heterocycles. The second kappa shape index (κ2) is 11.2. The molecule has 0 spiro atoms. The van der Waals surface area contributed by atoms with Gasteiger partial charge in [0.05, 0.1) is 25.9 Å². The molecule has 5 nitrogen and oxygen atoms in total. The molecule has 0 saturated carbocycles. The Morgan fingerprint density at radius 1 is 0.939 bits per heavy atom. The van der Waals surface area contributed by atoms with Gasteiger partial charge < -0.3 is 14.2 Å². The SMILES string of the molecule is COc1ccc(/C(C#N)=C\c2ccc(OC(=O)/C=C/c3ccc(Cl)cc3Cl)cc2)cc1OC. The van der Waals surface area contributed by atoms with E-state index in [1.54, 1.807) is 79.9 Å². The first-order valence-electron chi connectivity index (χ1n) is 9.72. The number of hydrogen-bond donors (Lipinski definition) is 0. The van der Waals surface area contributed by atoms with Crippen LogP contribution < -0.4 is 14.2 Å². The molecule has 3 aromatic carbocycles. The number of hydrogen-bond acceptors (Lipinski definition) is 5. The van der Waals surface area contributed by atoms with Crippen LogP contribution >= 0.6 is 23.2 Å². The first-order chi connectivity index (χ1) is 15.9. The molecule has 33 heavy (non-hydrogen) atoms. The van der Waals surface area contributed by atoms with Crippen LogP contribution in [0.15, 0.2) is 66.7 Å². The van der Waals surface area contributed by atoms with Crippen LogP contribution in [-0.2, 0) is 4.79 Å². The van der Waals surface area contributed by atoms with Gasteiger partial charge in [-0.15, -0.1) is 0 Å². The highest BCUT2D eigenvalue weighted by molar-refractivity contribution is 6.35. The molecule has 0 aliphatic heterocycles. The van der Waals surface area contributed by atoms with Crippen LogP contribution in [0.25, 0.3) is 17.7 Å². The summed E-state index contributed by atoms with van der Waals surface area (Å²) in [5, 5.41) is 10.6. The second-order valence-electron chi connectivity index (χ2n) is 6.73. The molecule has 166 valence electrons. The molecule has 7 heteroatoms. The normalized spacial score (nSPS) is 11.2. The Bertz CT molecular complexity index is 1260. The van der Waals surface area contributed by atoms with Gasteiger partial charge in [0.2, 0.25) is 0 Å². The summed E-state index contributed by atoms with van der Waals surface area (Å²) in [6.45, 7) is 0. The maximum Gasteiger partial charge on any atom is 0.336 e. The minimum atomic E-state index is -0.549. The number of nitriles is 1. The number of nitrogens with zero attached hydrogens (tertiary/aromatic N) is 1. The number of allylic oxidation sites excluding steroid dienone is 1. The Morgan fingerprint density at radius 3 is 2.30 bits per heavy atom. The molecule has 0 fully saturated rings. The molecule has 0 aromatic heterocycles. The van der Waals surface area contributed by atoms with Gasteiger partial charge in [-0.2, -0.15) is 5.26 Å². The zero-order valence-corrected chi connectivity index (χ0v) is 19.4. The van der Waals surface area contributed by atoms with Crippen LogP contribution in [-0.4, -0.2) is 20.2 Å². The number of ether oxygens (including phenoxy) is 3. The van der Waals surface area contributed by atoms with Gasteiger partial charge in [-0.1, -0.05) is 41.4 Å². The minimum Gasteiger partial charge on any atom is -0.493 e. The highest BCUT2D eigenvalue weighted by Crippen LogP contribution is 2.31. The van der Waals surface area contributed by atoms with E-state index in [-0.39, 0.29) is 0 Å². The summed E-state index contributed by atoms with van der Waals surface area (Å²) in [5.41, 5.74) is 2.56. The van der Waals surface area contributed by atoms with Crippen molar-refractivity contribution < 1.29 is 19.0 Å². The fraction of sp³-hybridized carbons (Fsp3) is 0.0769. The predicted octanol–water partition coefficient (Wildman–Crippen LogP) is 6.69. The van der Waals surface area contributed by atoms with Crippen LogP contribution in [0.4, 0.5) is 0 Å². The van der Waals surface area contributed by atoms with E-state index in [1.807, 2.05) is 0 Å². The van der Waals surface area contributed by atoms with E-state index in [0.29, 0.717) is 44.0 Å². The standard InChI is InChI=1S/C26H19Cl2NO4/c1-31-24-11-6-19(14-25(24)32-2)20(16-29)13-17-3-9-22(10-4-17)33-26(30)12-7-18-5-8-21(27)15-23(18)28/h3-15H,1-2H3/b12-7+,20-13-. The summed E-state index contributed by atoms with van der Waals surface area (Å²) >= 11 is 12.0. The molecule has 0 atom stereocenters. The van der Waals surface area contributed by atoms with Gasteiger partial charge in [-0.3, -0.25) is 0 Å². The third kappa shape index (κ3) is 6.39. The van der Waals surface area contributed by atoms with Crippen molar-refractivity contribution in [2.45, 2.75) is 0 Å². The van der Waals surface area contributed by atoms with Crippen molar-refractivity contribution in [2.24, 2.45) is 0 Å². The summed E-state index contributed by atoms with van der Waals surface area (Å²) in [6.07, 6.45) is 4.57. The van der Waals surface area contributed by atoms with E-state index in [1.165, 1.54) is 13.2 Å². The van der Waals surface area contributed by atoms with Gasteiger partial charge in [0, 0.05) is 16.1 Å². The lowest BCUT2D eigenvalue weighted by Gasteiger charge is -2.09. The average Bonchev–Trinajstić information content (AvgIpc) is 2.82. The minimum absolute atomic E-state index is 0.369. The molecule has 0 N–H and O–H groups in total. The Labute approximate surface area is 202 Å². The van der Waals surface area contributed by atoms with E-state index >= 15 is 0 Å². The van der Waals surface area contributed by atoms with E-state index in [9.17, 15) is 10.1 Å². The fourth-order valence-corrected chi connectivity index (χ4v) is 3.40. The van der Waals surface area contributed by atoms with Crippen molar-refractivity contribution >= 4 is 46.9 Å². The first kappa shape index (κ1) is 23.9. The van der Waals surface area contributed by atoms with E-state index in [0.717, 1.165) is 5.56 Å². The summed E-state index contributed by atoms with van der Waals surface area (Å²) in [7, 11) is 3.09. The zero-order valence-electron chi connectivity index (χ0n) is 17.8. The van der Waals surface area contributed by atoms with E-state index < -0.39 is 5.97 Å². The summed E-state index contributed by atoms with van der Waals surface area (Å²) in [6, 6.07) is 19.2. The van der Waals surface area contributed by atoms with Crippen LogP contribution in [0.3, 0.4) is 0 Å². The van der Waals surface area contributed by atoms with E-state index in [2.05, 4.69) is 6.07 Å². The molecular weight excluding hydrogens is 461 g/mol. The number of benzene rings is 3. The van der Waals surface area contributed by atoms with Gasteiger partial charge in [-0.25, -0.2) is 4.79 Å². The highest BCUT2D eigenvalue weighted by Gasteiger charge is 2.09. The molecule has 0 radical (unpaired) electrons. The van der Waals surface area contributed by atoms with E-state index in [4.69, 9.17) is 37.4 Å². The highest BCUT2D eigenvalue weighted by atomic mass is 35.5. The molecular formula is C26H19Cl2NO4. The van der Waals surface area contributed by atoms with Gasteiger partial charge >= 0.3 is 5.97 Å². The molecule has 0 aliphatic rings. The predicted molar refractivity (Wildman–Crippen MR) is 131 cm³/mol. The van der Waals surface area contributed by atoms with Crippen LogP contribution in [0, 0.1) is 11.3 Å². The second-order valence-corrected chi connectivity index (χ2v) is 7.57. The molecule has 0 bridgehead atoms. The van der Waals surface area contributed by atoms with Crippen LogP contribution in [0.5, 0.6) is 17.2 Å². The average molecular weight is 480 g/mol. The number of methoxy groups -OCH3 is 2. The van der Waals surface area contributed by atoms with Gasteiger partial charge in [0.15, 0.2) is 11.5 Å². The Balaban J connectivity index is 1.71. The number of carbonyl (C=O) groups excluding carboxylic acids is 1. The van der Waals surface area contributed by atoms with Crippen molar-refractivity contribution in [1.29, 1.82) is 5.26 Å². The van der Waals surface area contributed by atoms with Crippen molar-refractivity contribution in [2.75, 3.05) is 14.2 Å². The molecule has 3 aromatic rings. The molecule has 0 heterocycles. The number of esters is 1. The lowest BCUT2D eigenvalue weighted by molar-refractivity contribution is -0.128. The third-order valence-electron chi connectivity index (χ3n) is 4.59. The molecule has 3 rings (SSSR count). The Morgan fingerprint density at radius 2 is 1.67 bits per heavy atom. The fourth-order valence-electron chi connectivity index (χ4n) is 2.93.